The van der Waals surface area contributed by atoms with Gasteiger partial charge in [-0.25, -0.2) is 43.9 Å². The molecule has 0 aromatic heterocycles. The van der Waals surface area contributed by atoms with Crippen molar-refractivity contribution in [3.8, 4) is 0 Å². The molecule has 0 bridgehead atoms. The van der Waals surface area contributed by atoms with E-state index in [1.807, 2.05) is 0 Å². The number of carbonyl (C=O) groups is 2. The van der Waals surface area contributed by atoms with Crippen molar-refractivity contribution < 1.29 is 53.5 Å². The second-order valence-electron chi connectivity index (χ2n) is 5.89. The van der Waals surface area contributed by atoms with E-state index in [2.05, 4.69) is 0 Å². The number of halogens is 10. The summed E-state index contributed by atoms with van der Waals surface area (Å²) in [6.45, 7) is 0.897. The SMILES string of the molecule is CC(CC(=O)c1c(F)c(F)c(F)c(F)c1F)NC(=O)c1c(F)c(F)c(F)c(F)c1F. The Labute approximate surface area is 160 Å². The van der Waals surface area contributed by atoms with Gasteiger partial charge in [-0.2, -0.15) is 0 Å². The molecule has 0 saturated carbocycles. The summed E-state index contributed by atoms with van der Waals surface area (Å²) in [5, 5.41) is 1.63. The number of Topliss-reactive ketones (excluding diaryl/α,β-unsaturated/α-hetero) is 1. The Bertz CT molecular complexity index is 928. The van der Waals surface area contributed by atoms with E-state index in [0.29, 0.717) is 0 Å². The fraction of sp³-hybridized carbons (Fsp3) is 0.176. The molecule has 2 rings (SSSR count). The lowest BCUT2D eigenvalue weighted by Crippen LogP contribution is -2.36. The van der Waals surface area contributed by atoms with Crippen LogP contribution in [0.5, 0.6) is 0 Å². The maximum atomic E-state index is 13.6. The third kappa shape index (κ3) is 3.83. The molecule has 1 unspecified atom stereocenters. The average Bonchev–Trinajstić information content (AvgIpc) is 2.67. The highest BCUT2D eigenvalue weighted by atomic mass is 19.2. The number of amides is 1. The molecule has 1 amide bonds. The lowest BCUT2D eigenvalue weighted by Gasteiger charge is -2.15. The lowest BCUT2D eigenvalue weighted by molar-refractivity contribution is 0.0906. The van der Waals surface area contributed by atoms with Gasteiger partial charge in [0.25, 0.3) is 5.91 Å². The second-order valence-corrected chi connectivity index (χ2v) is 5.89. The van der Waals surface area contributed by atoms with Crippen LogP contribution in [0.4, 0.5) is 43.9 Å². The van der Waals surface area contributed by atoms with Crippen LogP contribution in [0.1, 0.15) is 34.1 Å². The monoisotopic (exact) mass is 447 g/mol. The fourth-order valence-corrected chi connectivity index (χ4v) is 2.38. The minimum Gasteiger partial charge on any atom is -0.349 e. The van der Waals surface area contributed by atoms with Crippen molar-refractivity contribution in [3.63, 3.8) is 0 Å². The van der Waals surface area contributed by atoms with Crippen LogP contribution in [-0.2, 0) is 0 Å². The summed E-state index contributed by atoms with van der Waals surface area (Å²) >= 11 is 0. The van der Waals surface area contributed by atoms with Crippen molar-refractivity contribution in [2.75, 3.05) is 0 Å². The smallest absolute Gasteiger partial charge is 0.257 e. The number of carbonyl (C=O) groups excluding carboxylic acids is 2. The van der Waals surface area contributed by atoms with Gasteiger partial charge in [0.2, 0.25) is 11.6 Å². The molecule has 162 valence electrons. The van der Waals surface area contributed by atoms with Crippen LogP contribution in [0.3, 0.4) is 0 Å². The number of hydrogen-bond donors (Lipinski definition) is 1. The molecular weight excluding hydrogens is 440 g/mol. The third-order valence-electron chi connectivity index (χ3n) is 3.79. The van der Waals surface area contributed by atoms with Crippen molar-refractivity contribution in [1.82, 2.24) is 5.32 Å². The van der Waals surface area contributed by atoms with E-state index in [9.17, 15) is 53.5 Å². The van der Waals surface area contributed by atoms with E-state index in [-0.39, 0.29) is 0 Å². The second kappa shape index (κ2) is 8.32. The summed E-state index contributed by atoms with van der Waals surface area (Å²) in [7, 11) is 0. The van der Waals surface area contributed by atoms with Crippen LogP contribution >= 0.6 is 0 Å². The molecule has 1 atom stereocenters. The zero-order chi connectivity index (χ0) is 23.1. The molecule has 0 aliphatic heterocycles. The summed E-state index contributed by atoms with van der Waals surface area (Å²) in [4.78, 5) is 23.8. The number of nitrogens with one attached hydrogen (secondary N) is 1. The van der Waals surface area contributed by atoms with Crippen molar-refractivity contribution in [3.05, 3.63) is 69.3 Å². The zero-order valence-corrected chi connectivity index (χ0v) is 14.4. The predicted molar refractivity (Wildman–Crippen MR) is 78.3 cm³/mol. The van der Waals surface area contributed by atoms with Gasteiger partial charge in [0.1, 0.15) is 5.56 Å². The molecule has 0 fully saturated rings. The van der Waals surface area contributed by atoms with Gasteiger partial charge in [-0.3, -0.25) is 9.59 Å². The Morgan fingerprint density at radius 2 is 0.900 bits per heavy atom. The summed E-state index contributed by atoms with van der Waals surface area (Å²) < 4.78 is 133. The number of benzene rings is 2. The molecule has 3 nitrogen and oxygen atoms in total. The summed E-state index contributed by atoms with van der Waals surface area (Å²) in [5.41, 5.74) is -3.73. The van der Waals surface area contributed by atoms with Gasteiger partial charge in [0, 0.05) is 12.5 Å². The Morgan fingerprint density at radius 3 is 1.27 bits per heavy atom. The molecule has 0 saturated heterocycles. The minimum absolute atomic E-state index is 0.897. The van der Waals surface area contributed by atoms with Gasteiger partial charge in [-0.1, -0.05) is 0 Å². The van der Waals surface area contributed by atoms with Gasteiger partial charge < -0.3 is 5.32 Å². The van der Waals surface area contributed by atoms with Crippen LogP contribution < -0.4 is 5.32 Å². The van der Waals surface area contributed by atoms with Gasteiger partial charge in [-0.05, 0) is 6.92 Å². The molecule has 2 aromatic rings. The van der Waals surface area contributed by atoms with Crippen LogP contribution in [-0.4, -0.2) is 17.7 Å². The first kappa shape index (κ1) is 23.2. The van der Waals surface area contributed by atoms with Crippen molar-refractivity contribution >= 4 is 11.7 Å². The molecule has 0 aliphatic rings. The van der Waals surface area contributed by atoms with Crippen molar-refractivity contribution in [2.45, 2.75) is 19.4 Å². The predicted octanol–water partition coefficient (Wildman–Crippen LogP) is 4.47. The standard InChI is InChI=1S/C17H7F10NO2/c1-3(2-4(29)5-7(18)11(22)15(26)12(23)8(5)19)28-17(30)6-9(20)13(24)16(27)14(25)10(6)21/h3H,2H2,1H3,(H,28,30). The first-order chi connectivity index (χ1) is 13.8. The number of ketones is 1. The summed E-state index contributed by atoms with van der Waals surface area (Å²) in [6.07, 6.45) is -1.15. The van der Waals surface area contributed by atoms with E-state index < -0.39 is 93.5 Å². The number of rotatable bonds is 5. The van der Waals surface area contributed by atoms with Gasteiger partial charge >= 0.3 is 0 Å². The Hall–Kier alpha value is -3.12. The topological polar surface area (TPSA) is 46.2 Å². The Balaban J connectivity index is 2.29. The zero-order valence-electron chi connectivity index (χ0n) is 14.4. The molecule has 13 heteroatoms. The molecule has 2 aromatic carbocycles. The molecule has 0 radical (unpaired) electrons. The highest BCUT2D eigenvalue weighted by Gasteiger charge is 2.32. The molecule has 0 heterocycles. The van der Waals surface area contributed by atoms with Gasteiger partial charge in [0.15, 0.2) is 52.3 Å². The van der Waals surface area contributed by atoms with Crippen LogP contribution in [0.2, 0.25) is 0 Å². The molecule has 0 aliphatic carbocycles. The van der Waals surface area contributed by atoms with E-state index >= 15 is 0 Å². The van der Waals surface area contributed by atoms with Crippen molar-refractivity contribution in [2.24, 2.45) is 0 Å². The minimum atomic E-state index is -2.53. The number of hydrogen-bond acceptors (Lipinski definition) is 2. The summed E-state index contributed by atoms with van der Waals surface area (Å²) in [5.74, 6) is -28.2. The first-order valence-corrected chi connectivity index (χ1v) is 7.68. The van der Waals surface area contributed by atoms with Crippen molar-refractivity contribution in [1.29, 1.82) is 0 Å². The normalized spacial score (nSPS) is 12.1. The maximum absolute atomic E-state index is 13.6. The fourth-order valence-electron chi connectivity index (χ4n) is 2.38. The van der Waals surface area contributed by atoms with E-state index in [1.165, 1.54) is 0 Å². The van der Waals surface area contributed by atoms with Gasteiger partial charge in [-0.15, -0.1) is 0 Å². The van der Waals surface area contributed by atoms with E-state index in [1.54, 1.807) is 5.32 Å². The maximum Gasteiger partial charge on any atom is 0.257 e. The summed E-state index contributed by atoms with van der Waals surface area (Å²) in [6, 6.07) is -1.59. The molecule has 30 heavy (non-hydrogen) atoms. The Kier molecular flexibility index (Phi) is 6.42. The molecular formula is C17H7F10NO2. The third-order valence-corrected chi connectivity index (χ3v) is 3.79. The van der Waals surface area contributed by atoms with Crippen LogP contribution in [0, 0.1) is 58.2 Å². The average molecular weight is 447 g/mol. The van der Waals surface area contributed by atoms with Crippen LogP contribution in [0.25, 0.3) is 0 Å². The molecule has 0 spiro atoms. The largest absolute Gasteiger partial charge is 0.349 e. The van der Waals surface area contributed by atoms with E-state index in [4.69, 9.17) is 0 Å². The quantitative estimate of drug-likeness (QED) is 0.318. The first-order valence-electron chi connectivity index (χ1n) is 7.68. The lowest BCUT2D eigenvalue weighted by atomic mass is 10.0. The van der Waals surface area contributed by atoms with Crippen LogP contribution in [0.15, 0.2) is 0 Å². The highest BCUT2D eigenvalue weighted by molar-refractivity contribution is 5.98. The van der Waals surface area contributed by atoms with Gasteiger partial charge in [0.05, 0.1) is 5.56 Å². The highest BCUT2D eigenvalue weighted by Crippen LogP contribution is 2.25. The van der Waals surface area contributed by atoms with E-state index in [0.717, 1.165) is 6.92 Å². The molecule has 1 N–H and O–H groups in total. The Morgan fingerprint density at radius 1 is 0.600 bits per heavy atom.